The van der Waals surface area contributed by atoms with Crippen LogP contribution in [-0.4, -0.2) is 23.1 Å². The van der Waals surface area contributed by atoms with Crippen LogP contribution in [0.4, 0.5) is 0 Å². The van der Waals surface area contributed by atoms with Crippen LogP contribution >= 0.6 is 0 Å². The van der Waals surface area contributed by atoms with E-state index in [1.165, 1.54) is 13.2 Å². The van der Waals surface area contributed by atoms with Gasteiger partial charge in [0.2, 0.25) is 0 Å². The second-order valence-electron chi connectivity index (χ2n) is 4.34. The van der Waals surface area contributed by atoms with Crippen molar-refractivity contribution in [3.8, 4) is 11.5 Å². The molecule has 5 nitrogen and oxygen atoms in total. The molecule has 0 aliphatic heterocycles. The molecule has 0 spiro atoms. The number of carbonyl (C=O) groups is 1. The molecule has 2 N–H and O–H groups in total. The number of nitrogens with zero attached hydrogens (tertiary/aromatic N) is 1. The Labute approximate surface area is 117 Å². The lowest BCUT2D eigenvalue weighted by Gasteiger charge is -2.13. The standard InChI is InChI=1S/C15H16N2O3/c1-10(12-5-3-4-8-16-12)17-15(19)11-6-7-14(20-2)13(18)9-11/h3-10,18H,1-2H3,(H,17,19). The number of carbonyl (C=O) groups excluding carboxylic acids is 1. The van der Waals surface area contributed by atoms with Gasteiger partial charge in [0.15, 0.2) is 11.5 Å². The number of phenolic OH excluding ortho intramolecular Hbond substituents is 1. The van der Waals surface area contributed by atoms with Gasteiger partial charge < -0.3 is 15.2 Å². The fourth-order valence-corrected chi connectivity index (χ4v) is 1.82. The maximum absolute atomic E-state index is 12.1. The number of aromatic nitrogens is 1. The van der Waals surface area contributed by atoms with Crippen LogP contribution in [0.15, 0.2) is 42.6 Å². The Morgan fingerprint density at radius 3 is 2.75 bits per heavy atom. The van der Waals surface area contributed by atoms with E-state index in [1.807, 2.05) is 25.1 Å². The lowest BCUT2D eigenvalue weighted by atomic mass is 10.1. The lowest BCUT2D eigenvalue weighted by molar-refractivity contribution is 0.0938. The van der Waals surface area contributed by atoms with Crippen molar-refractivity contribution in [2.45, 2.75) is 13.0 Å². The Balaban J connectivity index is 2.10. The predicted molar refractivity (Wildman–Crippen MR) is 74.8 cm³/mol. The van der Waals surface area contributed by atoms with Crippen LogP contribution in [-0.2, 0) is 0 Å². The second-order valence-corrected chi connectivity index (χ2v) is 4.34. The molecule has 1 aromatic heterocycles. The first-order valence-corrected chi connectivity index (χ1v) is 6.20. The highest BCUT2D eigenvalue weighted by Gasteiger charge is 2.13. The first-order chi connectivity index (χ1) is 9.61. The summed E-state index contributed by atoms with van der Waals surface area (Å²) in [5.74, 6) is -0.00827. The Kier molecular flexibility index (Phi) is 4.20. The molecule has 2 aromatic rings. The molecule has 2 rings (SSSR count). The number of hydrogen-bond acceptors (Lipinski definition) is 4. The Bertz CT molecular complexity index is 599. The third-order valence-electron chi connectivity index (χ3n) is 2.92. The minimum Gasteiger partial charge on any atom is -0.504 e. The summed E-state index contributed by atoms with van der Waals surface area (Å²) in [6, 6.07) is 9.83. The van der Waals surface area contributed by atoms with E-state index in [-0.39, 0.29) is 17.7 Å². The number of aromatic hydroxyl groups is 1. The third-order valence-corrected chi connectivity index (χ3v) is 2.92. The average Bonchev–Trinajstić information content (AvgIpc) is 2.48. The monoisotopic (exact) mass is 272 g/mol. The molecule has 1 heterocycles. The molecule has 5 heteroatoms. The van der Waals surface area contributed by atoms with E-state index in [2.05, 4.69) is 10.3 Å². The van der Waals surface area contributed by atoms with E-state index in [4.69, 9.17) is 4.74 Å². The van der Waals surface area contributed by atoms with Gasteiger partial charge in [0.05, 0.1) is 18.8 Å². The van der Waals surface area contributed by atoms with Gasteiger partial charge in [-0.2, -0.15) is 0 Å². The molecule has 0 radical (unpaired) electrons. The van der Waals surface area contributed by atoms with E-state index >= 15 is 0 Å². The second kappa shape index (κ2) is 6.06. The van der Waals surface area contributed by atoms with Crippen LogP contribution < -0.4 is 10.1 Å². The maximum Gasteiger partial charge on any atom is 0.251 e. The van der Waals surface area contributed by atoms with Crippen LogP contribution in [0, 0.1) is 0 Å². The fourth-order valence-electron chi connectivity index (χ4n) is 1.82. The van der Waals surface area contributed by atoms with E-state index in [0.717, 1.165) is 5.69 Å². The third kappa shape index (κ3) is 3.06. The van der Waals surface area contributed by atoms with E-state index in [9.17, 15) is 9.90 Å². The van der Waals surface area contributed by atoms with Crippen LogP contribution in [0.5, 0.6) is 11.5 Å². The summed E-state index contributed by atoms with van der Waals surface area (Å²) >= 11 is 0. The van der Waals surface area contributed by atoms with Gasteiger partial charge in [0.25, 0.3) is 5.91 Å². The highest BCUT2D eigenvalue weighted by atomic mass is 16.5. The summed E-state index contributed by atoms with van der Waals surface area (Å²) in [5.41, 5.74) is 1.14. The van der Waals surface area contributed by atoms with Crippen molar-refractivity contribution in [2.75, 3.05) is 7.11 Å². The number of hydrogen-bond donors (Lipinski definition) is 2. The molecule has 1 aromatic carbocycles. The van der Waals surface area contributed by atoms with Crippen LogP contribution in [0.1, 0.15) is 29.0 Å². The SMILES string of the molecule is COc1ccc(C(=O)NC(C)c2ccccn2)cc1O. The van der Waals surface area contributed by atoms with Gasteiger partial charge in [-0.1, -0.05) is 6.07 Å². The zero-order chi connectivity index (χ0) is 14.5. The van der Waals surface area contributed by atoms with Gasteiger partial charge >= 0.3 is 0 Å². The molecule has 0 aliphatic rings. The molecule has 0 saturated carbocycles. The highest BCUT2D eigenvalue weighted by Crippen LogP contribution is 2.26. The Morgan fingerprint density at radius 1 is 1.35 bits per heavy atom. The van der Waals surface area contributed by atoms with Crippen molar-refractivity contribution in [3.05, 3.63) is 53.9 Å². The molecular weight excluding hydrogens is 256 g/mol. The van der Waals surface area contributed by atoms with Crippen LogP contribution in [0.3, 0.4) is 0 Å². The summed E-state index contributed by atoms with van der Waals surface area (Å²) in [6.45, 7) is 1.85. The van der Waals surface area contributed by atoms with Crippen molar-refractivity contribution in [1.82, 2.24) is 10.3 Å². The topological polar surface area (TPSA) is 71.5 Å². The van der Waals surface area contributed by atoms with Gasteiger partial charge in [0, 0.05) is 11.8 Å². The molecular formula is C15H16N2O3. The molecule has 0 bridgehead atoms. The maximum atomic E-state index is 12.1. The number of benzene rings is 1. The summed E-state index contributed by atoms with van der Waals surface area (Å²) in [6.07, 6.45) is 1.68. The van der Waals surface area contributed by atoms with Gasteiger partial charge in [-0.05, 0) is 37.3 Å². The number of nitrogens with one attached hydrogen (secondary N) is 1. The first kappa shape index (κ1) is 13.9. The summed E-state index contributed by atoms with van der Waals surface area (Å²) in [5, 5.41) is 12.5. The number of methoxy groups -OCH3 is 1. The van der Waals surface area contributed by atoms with Gasteiger partial charge in [-0.15, -0.1) is 0 Å². The zero-order valence-electron chi connectivity index (χ0n) is 11.3. The molecule has 0 fully saturated rings. The largest absolute Gasteiger partial charge is 0.504 e. The first-order valence-electron chi connectivity index (χ1n) is 6.20. The smallest absolute Gasteiger partial charge is 0.251 e. The molecule has 1 unspecified atom stereocenters. The fraction of sp³-hybridized carbons (Fsp3) is 0.200. The van der Waals surface area contributed by atoms with Crippen molar-refractivity contribution in [3.63, 3.8) is 0 Å². The number of rotatable bonds is 4. The van der Waals surface area contributed by atoms with Gasteiger partial charge in [-0.25, -0.2) is 0 Å². The van der Waals surface area contributed by atoms with Gasteiger partial charge in [0.1, 0.15) is 0 Å². The molecule has 1 atom stereocenters. The van der Waals surface area contributed by atoms with Crippen LogP contribution in [0.2, 0.25) is 0 Å². The molecule has 1 amide bonds. The normalized spacial score (nSPS) is 11.7. The van der Waals surface area contributed by atoms with Crippen molar-refractivity contribution in [1.29, 1.82) is 0 Å². The lowest BCUT2D eigenvalue weighted by Crippen LogP contribution is -2.27. The zero-order valence-corrected chi connectivity index (χ0v) is 11.3. The summed E-state index contributed by atoms with van der Waals surface area (Å²) < 4.78 is 4.94. The van der Waals surface area contributed by atoms with E-state index < -0.39 is 0 Å². The van der Waals surface area contributed by atoms with E-state index in [1.54, 1.807) is 18.3 Å². The Morgan fingerprint density at radius 2 is 2.15 bits per heavy atom. The molecule has 0 saturated heterocycles. The minimum atomic E-state index is -0.277. The number of ether oxygens (including phenoxy) is 1. The average molecular weight is 272 g/mol. The van der Waals surface area contributed by atoms with Crippen molar-refractivity contribution < 1.29 is 14.6 Å². The molecule has 20 heavy (non-hydrogen) atoms. The highest BCUT2D eigenvalue weighted by molar-refractivity contribution is 5.95. The van der Waals surface area contributed by atoms with Gasteiger partial charge in [-0.3, -0.25) is 9.78 Å². The van der Waals surface area contributed by atoms with Crippen LogP contribution in [0.25, 0.3) is 0 Å². The quantitative estimate of drug-likeness (QED) is 0.895. The Hall–Kier alpha value is -2.56. The number of pyridine rings is 1. The minimum absolute atomic E-state index is 0.0642. The molecule has 104 valence electrons. The van der Waals surface area contributed by atoms with Crippen molar-refractivity contribution in [2.24, 2.45) is 0 Å². The van der Waals surface area contributed by atoms with E-state index in [0.29, 0.717) is 11.3 Å². The summed E-state index contributed by atoms with van der Waals surface area (Å²) in [4.78, 5) is 16.3. The predicted octanol–water partition coefficient (Wildman–Crippen LogP) is 2.29. The number of amides is 1. The molecule has 0 aliphatic carbocycles. The number of phenols is 1. The van der Waals surface area contributed by atoms with Crippen molar-refractivity contribution >= 4 is 5.91 Å². The summed E-state index contributed by atoms with van der Waals surface area (Å²) in [7, 11) is 1.46.